The van der Waals surface area contributed by atoms with E-state index < -0.39 is 16.9 Å². The molecule has 0 aliphatic rings. The molecule has 0 aliphatic heterocycles. The minimum Gasteiger partial charge on any atom is -0.439 e. The third-order valence-corrected chi connectivity index (χ3v) is 0.421. The molecule has 3 N–H and O–H groups in total. The summed E-state index contributed by atoms with van der Waals surface area (Å²) in [5, 5.41) is 0. The van der Waals surface area contributed by atoms with Crippen molar-refractivity contribution in [2.24, 2.45) is 5.73 Å². The van der Waals surface area contributed by atoms with Crippen LogP contribution in [0.4, 0.5) is 0 Å². The average Bonchev–Trinajstić information content (AvgIpc) is 1.63. The summed E-state index contributed by atoms with van der Waals surface area (Å²) in [5.74, 6) is -0.435. The summed E-state index contributed by atoms with van der Waals surface area (Å²) in [5.41, 5.74) is 5.09. The van der Waals surface area contributed by atoms with Crippen LogP contribution < -0.4 is 57.1 Å². The van der Waals surface area contributed by atoms with E-state index in [1.807, 2.05) is 0 Å². The van der Waals surface area contributed by atoms with Gasteiger partial charge in [-0.3, -0.25) is 4.79 Å². The molecule has 0 saturated heterocycles. The number of rotatable bonds is 1. The van der Waals surface area contributed by atoms with Crippen molar-refractivity contribution >= 4 is 16.9 Å². The first-order chi connectivity index (χ1) is 4.37. The summed E-state index contributed by atoms with van der Waals surface area (Å²) in [6, 6.07) is 0. The van der Waals surface area contributed by atoms with Crippen LogP contribution in [0, 0.1) is 0 Å². The van der Waals surface area contributed by atoms with Crippen molar-refractivity contribution in [1.82, 2.24) is 0 Å². The van der Waals surface area contributed by atoms with E-state index in [2.05, 4.69) is 6.58 Å². The molecule has 0 spiro atoms. The third kappa shape index (κ3) is 36.5. The van der Waals surface area contributed by atoms with Crippen LogP contribution in [0.2, 0.25) is 0 Å². The van der Waals surface area contributed by atoms with Gasteiger partial charge in [0.15, 0.2) is 0 Å². The van der Waals surface area contributed by atoms with E-state index in [-0.39, 0.29) is 51.4 Å². The first-order valence-corrected chi connectivity index (χ1v) is 3.14. The molecule has 11 heavy (non-hydrogen) atoms. The maximum atomic E-state index is 9.82. The van der Waals surface area contributed by atoms with Gasteiger partial charge in [-0.25, -0.2) is 0 Å². The first kappa shape index (κ1) is 17.7. The van der Waals surface area contributed by atoms with Gasteiger partial charge in [-0.1, -0.05) is 6.58 Å². The average molecular weight is 205 g/mol. The van der Waals surface area contributed by atoms with Gasteiger partial charge in [-0.05, 0) is 6.92 Å². The van der Waals surface area contributed by atoms with Gasteiger partial charge in [0, 0.05) is 16.6 Å². The zero-order valence-corrected chi connectivity index (χ0v) is 10.3. The topological polar surface area (TPSA) is 97.5 Å². The van der Waals surface area contributed by atoms with Crippen molar-refractivity contribution in [3.8, 4) is 0 Å². The van der Waals surface area contributed by atoms with Crippen molar-refractivity contribution in [3.05, 3.63) is 12.2 Å². The Morgan fingerprint density at radius 1 is 1.55 bits per heavy atom. The Morgan fingerprint density at radius 2 is 1.64 bits per heavy atom. The SMILES string of the molecule is C=C(C)C(N)=O.O=[S-](=O)O.[K+]. The van der Waals surface area contributed by atoms with Gasteiger partial charge in [0.1, 0.15) is 0 Å². The second-order valence-corrected chi connectivity index (χ2v) is 1.80. The van der Waals surface area contributed by atoms with Gasteiger partial charge >= 0.3 is 51.4 Å². The molecule has 5 nitrogen and oxygen atoms in total. The van der Waals surface area contributed by atoms with Crippen LogP contribution in [-0.4, -0.2) is 10.5 Å². The summed E-state index contributed by atoms with van der Waals surface area (Å²) in [4.78, 5) is 9.82. The molecule has 0 rings (SSSR count). The largest absolute Gasteiger partial charge is 1.00 e. The number of carbonyl (C=O) groups is 1. The monoisotopic (exact) mass is 205 g/mol. The maximum Gasteiger partial charge on any atom is 1.00 e. The van der Waals surface area contributed by atoms with Gasteiger partial charge in [-0.15, -0.1) is 0 Å². The van der Waals surface area contributed by atoms with Crippen LogP contribution in [0.3, 0.4) is 0 Å². The minimum absolute atomic E-state index is 0. The Hall–Kier alpha value is 0.756. The minimum atomic E-state index is -2.86. The fourth-order valence-electron chi connectivity index (χ4n) is 0. The number of amides is 1. The van der Waals surface area contributed by atoms with Crippen LogP contribution in [0.25, 0.3) is 0 Å². The van der Waals surface area contributed by atoms with Gasteiger partial charge in [0.05, 0.1) is 0 Å². The zero-order valence-electron chi connectivity index (χ0n) is 6.36. The standard InChI is InChI=1S/C4H7NO.K.HO3S/c1-3(2)4(5)6;;1-4(2)3/h1H2,2H3,(H2,5,6);;(H,1,2,3)/q;+1;-1. The van der Waals surface area contributed by atoms with E-state index in [1.165, 1.54) is 0 Å². The number of nitrogens with two attached hydrogens (primary N) is 1. The molecule has 0 fully saturated rings. The van der Waals surface area contributed by atoms with Crippen LogP contribution in [0.1, 0.15) is 6.92 Å². The number of hydrogen-bond acceptors (Lipinski definition) is 4. The summed E-state index contributed by atoms with van der Waals surface area (Å²) in [6.45, 7) is 4.85. The Labute approximate surface area is 109 Å². The van der Waals surface area contributed by atoms with E-state index in [9.17, 15) is 4.79 Å². The molecule has 0 unspecified atom stereocenters. The van der Waals surface area contributed by atoms with E-state index in [1.54, 1.807) is 6.92 Å². The van der Waals surface area contributed by atoms with Gasteiger partial charge in [0.2, 0.25) is 5.91 Å². The second-order valence-electron chi connectivity index (χ2n) is 1.36. The molecular weight excluding hydrogens is 197 g/mol. The van der Waals surface area contributed by atoms with Crippen molar-refractivity contribution < 1.29 is 69.1 Å². The predicted octanol–water partition coefficient (Wildman–Crippen LogP) is -3.18. The van der Waals surface area contributed by atoms with Crippen molar-refractivity contribution in [2.45, 2.75) is 6.92 Å². The maximum absolute atomic E-state index is 9.82. The Balaban J connectivity index is -0.000000114. The Bertz CT molecular complexity index is 180. The summed E-state index contributed by atoms with van der Waals surface area (Å²) in [6.07, 6.45) is 0. The number of primary amides is 1. The third-order valence-electron chi connectivity index (χ3n) is 0.421. The molecule has 0 bridgehead atoms. The molecule has 0 aliphatic carbocycles. The molecule has 0 saturated carbocycles. The van der Waals surface area contributed by atoms with Crippen LogP contribution in [-0.2, 0) is 24.2 Å². The second kappa shape index (κ2) is 10.8. The molecule has 0 radical (unpaired) electrons. The normalized spacial score (nSPS) is 7.18. The first-order valence-electron chi connectivity index (χ1n) is 2.11. The molecule has 0 aromatic heterocycles. The van der Waals surface area contributed by atoms with Gasteiger partial charge in [0.25, 0.3) is 0 Å². The predicted molar refractivity (Wildman–Crippen MR) is 35.4 cm³/mol. The summed E-state index contributed by atoms with van der Waals surface area (Å²) < 4.78 is 24.1. The molecule has 0 aromatic carbocycles. The molecule has 0 heterocycles. The smallest absolute Gasteiger partial charge is 0.439 e. The van der Waals surface area contributed by atoms with E-state index in [0.29, 0.717) is 5.57 Å². The Kier molecular flexibility index (Phi) is 17.3. The van der Waals surface area contributed by atoms with Gasteiger partial charge < -0.3 is 18.7 Å². The van der Waals surface area contributed by atoms with Gasteiger partial charge in [-0.2, -0.15) is 0 Å². The molecule has 1 amide bonds. The molecule has 60 valence electrons. The number of hydrogen-bond donors (Lipinski definition) is 2. The molecule has 7 heteroatoms. The molecule has 0 atom stereocenters. The summed E-state index contributed by atoms with van der Waals surface area (Å²) >= 11 is 0. The molecular formula is C4H8KNO4S. The zero-order chi connectivity index (χ0) is 8.73. The molecule has 0 aromatic rings. The Morgan fingerprint density at radius 3 is 1.64 bits per heavy atom. The van der Waals surface area contributed by atoms with Crippen molar-refractivity contribution in [1.29, 1.82) is 0 Å². The van der Waals surface area contributed by atoms with Crippen molar-refractivity contribution in [2.75, 3.05) is 0 Å². The fourth-order valence-corrected chi connectivity index (χ4v) is 0. The van der Waals surface area contributed by atoms with E-state index >= 15 is 0 Å². The fraction of sp³-hybridized carbons (Fsp3) is 0.250. The van der Waals surface area contributed by atoms with E-state index in [0.717, 1.165) is 0 Å². The van der Waals surface area contributed by atoms with Crippen LogP contribution in [0.5, 0.6) is 0 Å². The summed E-state index contributed by atoms with van der Waals surface area (Å²) in [7, 11) is -2.86. The van der Waals surface area contributed by atoms with Crippen LogP contribution in [0.15, 0.2) is 12.2 Å². The van der Waals surface area contributed by atoms with Crippen LogP contribution >= 0.6 is 0 Å². The van der Waals surface area contributed by atoms with Crippen molar-refractivity contribution in [3.63, 3.8) is 0 Å². The quantitative estimate of drug-likeness (QED) is 0.155. The number of carbonyl (C=O) groups excluding carboxylic acids is 1. The van der Waals surface area contributed by atoms with E-state index in [4.69, 9.17) is 18.7 Å².